The van der Waals surface area contributed by atoms with E-state index in [1.54, 1.807) is 0 Å². The molecule has 0 aliphatic carbocycles. The molecule has 0 unspecified atom stereocenters. The molecular weight excluding hydrogens is 332 g/mol. The second-order valence-corrected chi connectivity index (χ2v) is 6.36. The summed E-state index contributed by atoms with van der Waals surface area (Å²) < 4.78 is 9.90. The lowest BCUT2D eigenvalue weighted by molar-refractivity contribution is 0.0529. The van der Waals surface area contributed by atoms with Gasteiger partial charge in [0.2, 0.25) is 0 Å². The first-order valence-corrected chi connectivity index (χ1v) is 8.81. The van der Waals surface area contributed by atoms with Gasteiger partial charge in [-0.2, -0.15) is 0 Å². The molecule has 0 fully saturated rings. The average molecular weight is 360 g/mol. The van der Waals surface area contributed by atoms with Gasteiger partial charge in [-0.25, -0.2) is 9.59 Å². The normalized spacial score (nSPS) is 11.4. The second-order valence-electron chi connectivity index (χ2n) is 5.56. The van der Waals surface area contributed by atoms with E-state index in [1.807, 2.05) is 27.0 Å². The van der Waals surface area contributed by atoms with Crippen molar-refractivity contribution < 1.29 is 19.1 Å². The third-order valence-electron chi connectivity index (χ3n) is 2.23. The molecule has 0 rings (SSSR count). The quantitative estimate of drug-likeness (QED) is 0.264. The maximum atomic E-state index is 11.5. The van der Waals surface area contributed by atoms with E-state index in [4.69, 9.17) is 9.47 Å². The van der Waals surface area contributed by atoms with Crippen LogP contribution in [0.2, 0.25) is 0 Å². The molecule has 0 aromatic carbocycles. The van der Waals surface area contributed by atoms with Crippen molar-refractivity contribution in [2.45, 2.75) is 26.4 Å². The van der Waals surface area contributed by atoms with Gasteiger partial charge in [-0.05, 0) is 27.0 Å². The van der Waals surface area contributed by atoms with Gasteiger partial charge in [0.25, 0.3) is 0 Å². The average Bonchev–Trinajstić information content (AvgIpc) is 2.49. The molecule has 0 aliphatic heterocycles. The number of rotatable bonds is 8. The van der Waals surface area contributed by atoms with E-state index in [2.05, 4.69) is 27.5 Å². The number of ether oxygens (including phenoxy) is 2. The summed E-state index contributed by atoms with van der Waals surface area (Å²) in [5.74, 6) is 0. The molecule has 9 heteroatoms. The molecule has 24 heavy (non-hydrogen) atoms. The molecule has 2 amide bonds. The van der Waals surface area contributed by atoms with E-state index in [-0.39, 0.29) is 6.61 Å². The number of nitrogens with one attached hydrogen (secondary N) is 3. The van der Waals surface area contributed by atoms with Crippen LogP contribution in [0.5, 0.6) is 0 Å². The Bertz CT molecular complexity index is 436. The number of alkyl carbamates (subject to hydrolysis) is 2. The van der Waals surface area contributed by atoms with Crippen molar-refractivity contribution in [3.05, 3.63) is 12.7 Å². The van der Waals surface area contributed by atoms with Crippen molar-refractivity contribution in [3.8, 4) is 0 Å². The topological polar surface area (TPSA) is 101 Å². The summed E-state index contributed by atoms with van der Waals surface area (Å²) in [7, 11) is 0. The van der Waals surface area contributed by atoms with Gasteiger partial charge in [0, 0.05) is 19.6 Å². The second kappa shape index (κ2) is 12.5. The van der Waals surface area contributed by atoms with Gasteiger partial charge in [-0.1, -0.05) is 24.4 Å². The first kappa shape index (κ1) is 22.1. The van der Waals surface area contributed by atoms with E-state index in [0.29, 0.717) is 26.2 Å². The summed E-state index contributed by atoms with van der Waals surface area (Å²) in [5, 5.41) is 9.04. The highest BCUT2D eigenvalue weighted by Crippen LogP contribution is 2.06. The molecule has 8 nitrogen and oxygen atoms in total. The fourth-order valence-electron chi connectivity index (χ4n) is 1.34. The van der Waals surface area contributed by atoms with E-state index >= 15 is 0 Å². The first-order valence-electron chi connectivity index (χ1n) is 7.59. The Kier molecular flexibility index (Phi) is 11.5. The summed E-state index contributed by atoms with van der Waals surface area (Å²) in [6, 6.07) is 0. The molecule has 0 atom stereocenters. The molecule has 0 bridgehead atoms. The number of carbonyl (C=O) groups is 2. The number of amidine groups is 1. The van der Waals surface area contributed by atoms with Crippen molar-refractivity contribution in [1.29, 1.82) is 0 Å². The van der Waals surface area contributed by atoms with E-state index in [0.717, 1.165) is 5.17 Å². The fraction of sp³-hybridized carbons (Fsp3) is 0.667. The van der Waals surface area contributed by atoms with Gasteiger partial charge in [0.05, 0.1) is 6.54 Å². The van der Waals surface area contributed by atoms with Crippen LogP contribution in [0, 0.1) is 0 Å². The van der Waals surface area contributed by atoms with Crippen LogP contribution >= 0.6 is 11.8 Å². The third-order valence-corrected chi connectivity index (χ3v) is 2.89. The monoisotopic (exact) mass is 360 g/mol. The van der Waals surface area contributed by atoms with Crippen LogP contribution in [-0.4, -0.2) is 62.0 Å². The minimum atomic E-state index is -0.515. The number of amides is 2. The van der Waals surface area contributed by atoms with Crippen molar-refractivity contribution in [2.24, 2.45) is 4.99 Å². The van der Waals surface area contributed by atoms with Crippen molar-refractivity contribution in [1.82, 2.24) is 16.0 Å². The summed E-state index contributed by atoms with van der Waals surface area (Å²) in [6.45, 7) is 10.8. The standard InChI is InChI=1S/C15H28N4O4S/c1-6-11-22-13(20)18-9-7-16-12(24-5)17-8-10-19-14(21)23-15(2,3)4/h6H,1,7-11H2,2-5H3,(H,16,17)(H,18,20)(H,19,21). The molecule has 0 saturated carbocycles. The smallest absolute Gasteiger partial charge is 0.407 e. The molecule has 0 saturated heterocycles. The van der Waals surface area contributed by atoms with Crippen LogP contribution in [0.4, 0.5) is 9.59 Å². The number of thioether (sulfide) groups is 1. The highest BCUT2D eigenvalue weighted by atomic mass is 32.2. The summed E-state index contributed by atoms with van der Waals surface area (Å²) in [5.41, 5.74) is -0.515. The lowest BCUT2D eigenvalue weighted by Crippen LogP contribution is -2.35. The van der Waals surface area contributed by atoms with Crippen molar-refractivity contribution in [2.75, 3.05) is 39.0 Å². The first-order chi connectivity index (χ1) is 11.3. The number of hydrogen-bond donors (Lipinski definition) is 3. The molecule has 0 spiro atoms. The molecule has 0 aromatic rings. The highest BCUT2D eigenvalue weighted by Gasteiger charge is 2.15. The van der Waals surface area contributed by atoms with Crippen LogP contribution in [0.3, 0.4) is 0 Å². The van der Waals surface area contributed by atoms with Crippen LogP contribution in [0.1, 0.15) is 20.8 Å². The summed E-state index contributed by atoms with van der Waals surface area (Å²) in [4.78, 5) is 27.0. The Hall–Kier alpha value is -1.90. The van der Waals surface area contributed by atoms with Gasteiger partial charge in [-0.15, -0.1) is 0 Å². The zero-order valence-corrected chi connectivity index (χ0v) is 15.6. The molecule has 0 heterocycles. The Morgan fingerprint density at radius 3 is 2.33 bits per heavy atom. The van der Waals surface area contributed by atoms with Gasteiger partial charge in [-0.3, -0.25) is 4.99 Å². The minimum absolute atomic E-state index is 0.182. The lowest BCUT2D eigenvalue weighted by atomic mass is 10.2. The van der Waals surface area contributed by atoms with Crippen LogP contribution in [-0.2, 0) is 9.47 Å². The Labute approximate surface area is 147 Å². The maximum absolute atomic E-state index is 11.5. The van der Waals surface area contributed by atoms with E-state index in [9.17, 15) is 9.59 Å². The largest absolute Gasteiger partial charge is 0.445 e. The SMILES string of the molecule is C=CCOC(=O)NCCNC(=NCCNC(=O)OC(C)(C)C)SC. The van der Waals surface area contributed by atoms with Gasteiger partial charge < -0.3 is 25.4 Å². The van der Waals surface area contributed by atoms with Crippen molar-refractivity contribution in [3.63, 3.8) is 0 Å². The molecule has 0 aliphatic rings. The predicted molar refractivity (Wildman–Crippen MR) is 97.6 cm³/mol. The lowest BCUT2D eigenvalue weighted by Gasteiger charge is -2.19. The molecule has 3 N–H and O–H groups in total. The molecular formula is C15H28N4O4S. The van der Waals surface area contributed by atoms with Crippen LogP contribution in [0.15, 0.2) is 17.6 Å². The maximum Gasteiger partial charge on any atom is 0.407 e. The van der Waals surface area contributed by atoms with Gasteiger partial charge >= 0.3 is 12.2 Å². The Balaban J connectivity index is 3.88. The van der Waals surface area contributed by atoms with E-state index in [1.165, 1.54) is 17.8 Å². The van der Waals surface area contributed by atoms with Gasteiger partial charge in [0.15, 0.2) is 5.17 Å². The predicted octanol–water partition coefficient (Wildman–Crippen LogP) is 1.73. The third kappa shape index (κ3) is 13.7. The fourth-order valence-corrected chi connectivity index (χ4v) is 1.81. The van der Waals surface area contributed by atoms with Crippen LogP contribution < -0.4 is 16.0 Å². The number of hydrogen-bond acceptors (Lipinski definition) is 6. The number of aliphatic imine (C=N–C) groups is 1. The Morgan fingerprint density at radius 2 is 1.75 bits per heavy atom. The molecule has 0 aromatic heterocycles. The molecule has 0 radical (unpaired) electrons. The number of nitrogens with zero attached hydrogens (tertiary/aromatic N) is 1. The van der Waals surface area contributed by atoms with E-state index < -0.39 is 17.8 Å². The van der Waals surface area contributed by atoms with Crippen LogP contribution in [0.25, 0.3) is 0 Å². The summed E-state index contributed by atoms with van der Waals surface area (Å²) in [6.07, 6.45) is 2.44. The highest BCUT2D eigenvalue weighted by molar-refractivity contribution is 8.13. The Morgan fingerprint density at radius 1 is 1.12 bits per heavy atom. The summed E-state index contributed by atoms with van der Waals surface area (Å²) >= 11 is 1.45. The zero-order chi connectivity index (χ0) is 18.4. The number of carbonyl (C=O) groups excluding carboxylic acids is 2. The minimum Gasteiger partial charge on any atom is -0.445 e. The van der Waals surface area contributed by atoms with Crippen molar-refractivity contribution >= 4 is 29.1 Å². The molecule has 138 valence electrons. The zero-order valence-electron chi connectivity index (χ0n) is 14.8. The van der Waals surface area contributed by atoms with Gasteiger partial charge in [0.1, 0.15) is 12.2 Å².